The Morgan fingerprint density at radius 3 is 2.38 bits per heavy atom. The first kappa shape index (κ1) is 16.4. The molecule has 1 aliphatic heterocycles. The van der Waals surface area contributed by atoms with Gasteiger partial charge in [0, 0.05) is 0 Å². The van der Waals surface area contributed by atoms with E-state index in [2.05, 4.69) is 48.6 Å². The zero-order valence-electron chi connectivity index (χ0n) is 14.3. The highest BCUT2D eigenvalue weighted by atomic mass is 15.5. The molecule has 6 nitrogen and oxygen atoms in total. The number of hydrogen-bond acceptors (Lipinski definition) is 1. The lowest BCUT2D eigenvalue weighted by Crippen LogP contribution is -2.67. The van der Waals surface area contributed by atoms with Crippen LogP contribution in [0.15, 0.2) is 12.7 Å². The predicted molar refractivity (Wildman–Crippen MR) is 82.1 cm³/mol. The molecule has 0 bridgehead atoms. The molecule has 0 radical (unpaired) electrons. The van der Waals surface area contributed by atoms with Gasteiger partial charge >= 0.3 is 6.33 Å². The van der Waals surface area contributed by atoms with E-state index >= 15 is 0 Å². The molecule has 1 aromatic heterocycles. The summed E-state index contributed by atoms with van der Waals surface area (Å²) in [6.45, 7) is 13.6. The number of nitrogens with zero attached hydrogens (tertiary/aromatic N) is 4. The second kappa shape index (κ2) is 6.42. The van der Waals surface area contributed by atoms with E-state index in [4.69, 9.17) is 5.73 Å². The van der Waals surface area contributed by atoms with Crippen LogP contribution in [0.5, 0.6) is 0 Å². The van der Waals surface area contributed by atoms with Crippen LogP contribution in [0, 0.1) is 0 Å². The lowest BCUT2D eigenvalue weighted by molar-refractivity contribution is -1.03. The van der Waals surface area contributed by atoms with Crippen LogP contribution in [0.4, 0.5) is 0 Å². The molecule has 1 aromatic rings. The molecule has 2 heterocycles. The van der Waals surface area contributed by atoms with Crippen LogP contribution in [-0.2, 0) is 13.1 Å². The van der Waals surface area contributed by atoms with E-state index in [0.717, 1.165) is 19.1 Å². The van der Waals surface area contributed by atoms with Gasteiger partial charge in [-0.2, -0.15) is 0 Å². The molecule has 3 N–H and O–H groups in total. The van der Waals surface area contributed by atoms with Crippen molar-refractivity contribution >= 4 is 0 Å². The van der Waals surface area contributed by atoms with E-state index < -0.39 is 0 Å². The summed E-state index contributed by atoms with van der Waals surface area (Å²) in [6, 6.07) is 0.728. The van der Waals surface area contributed by atoms with Gasteiger partial charge in [0.15, 0.2) is 6.54 Å². The van der Waals surface area contributed by atoms with Crippen molar-refractivity contribution in [1.29, 1.82) is 0 Å². The van der Waals surface area contributed by atoms with Gasteiger partial charge in [0.1, 0.15) is 32.7 Å². The first-order chi connectivity index (χ1) is 9.87. The van der Waals surface area contributed by atoms with Crippen LogP contribution in [0.25, 0.3) is 0 Å². The van der Waals surface area contributed by atoms with Gasteiger partial charge < -0.3 is 14.7 Å². The van der Waals surface area contributed by atoms with Crippen LogP contribution in [-0.4, -0.2) is 73.5 Å². The Kier molecular flexibility index (Phi) is 5.01. The van der Waals surface area contributed by atoms with Crippen molar-refractivity contribution in [1.82, 2.24) is 5.10 Å². The van der Waals surface area contributed by atoms with E-state index in [1.807, 2.05) is 6.33 Å². The molecule has 1 saturated heterocycles. The predicted octanol–water partition coefficient (Wildman–Crippen LogP) is -1.14. The number of hydrogen-bond donors (Lipinski definition) is 2. The highest BCUT2D eigenvalue weighted by molar-refractivity contribution is 4.53. The Morgan fingerprint density at radius 2 is 1.81 bits per heavy atom. The molecule has 0 aromatic carbocycles. The fourth-order valence-corrected chi connectivity index (χ4v) is 3.04. The number of nitrogens with two attached hydrogens (primary N) is 1. The number of quaternary nitrogens is 2. The first-order valence-electron chi connectivity index (χ1n) is 8.22. The summed E-state index contributed by atoms with van der Waals surface area (Å²) in [6.07, 6.45) is 4.12. The van der Waals surface area contributed by atoms with Gasteiger partial charge in [-0.05, 0) is 18.5 Å². The fourth-order valence-electron chi connectivity index (χ4n) is 3.04. The molecule has 0 saturated carbocycles. The number of rotatable bonds is 6. The zero-order valence-corrected chi connectivity index (χ0v) is 14.3. The van der Waals surface area contributed by atoms with Crippen molar-refractivity contribution in [3.63, 3.8) is 0 Å². The van der Waals surface area contributed by atoms with Gasteiger partial charge in [-0.1, -0.05) is 0 Å². The molecule has 21 heavy (non-hydrogen) atoms. The minimum absolute atomic E-state index is 0.683. The van der Waals surface area contributed by atoms with Crippen molar-refractivity contribution in [2.24, 2.45) is 5.73 Å². The third-order valence-corrected chi connectivity index (χ3v) is 5.49. The summed E-state index contributed by atoms with van der Waals surface area (Å²) in [7, 11) is 4.81. The standard InChI is InChI=1S/C15H33N6/c1-15(2)21(4)11-9-20(3,10-12-21)8-7-19-14-18(6-5-16)13-17-19/h13-15H,5-12,16H2,1-4H3/q+3/p+1. The SMILES string of the molecule is CC(C)[N+]1(C)CC[N+](C)(CC[n+]2c[n+](CCN)c[nH]2)CC1. The Balaban J connectivity index is 1.85. The van der Waals surface area contributed by atoms with Crippen molar-refractivity contribution in [2.75, 3.05) is 53.4 Å². The fraction of sp³-hybridized carbons (Fsp3) is 0.867. The molecule has 0 atom stereocenters. The van der Waals surface area contributed by atoms with Gasteiger partial charge in [-0.25, -0.2) is 0 Å². The summed E-state index contributed by atoms with van der Waals surface area (Å²) in [4.78, 5) is 0. The summed E-state index contributed by atoms with van der Waals surface area (Å²) in [5.74, 6) is 0. The molecule has 0 unspecified atom stereocenters. The van der Waals surface area contributed by atoms with Gasteiger partial charge in [0.2, 0.25) is 6.54 Å². The molecule has 120 valence electrons. The van der Waals surface area contributed by atoms with E-state index in [0.29, 0.717) is 6.54 Å². The van der Waals surface area contributed by atoms with E-state index in [1.165, 1.54) is 41.7 Å². The normalized spacial score (nSPS) is 30.0. The van der Waals surface area contributed by atoms with Gasteiger partial charge in [-0.15, -0.1) is 9.67 Å². The molecule has 0 amide bonds. The molecule has 2 rings (SSSR count). The molecule has 6 heteroatoms. The largest absolute Gasteiger partial charge is 0.431 e. The quantitative estimate of drug-likeness (QED) is 0.506. The summed E-state index contributed by atoms with van der Waals surface area (Å²) in [5.41, 5.74) is 5.58. The van der Waals surface area contributed by atoms with Crippen LogP contribution < -0.4 is 15.0 Å². The minimum atomic E-state index is 0.683. The second-order valence-corrected chi connectivity index (χ2v) is 7.40. The number of aromatic amines is 1. The zero-order chi connectivity index (χ0) is 15.5. The number of H-pyrrole nitrogens is 1. The maximum Gasteiger partial charge on any atom is 0.431 e. The van der Waals surface area contributed by atoms with Crippen molar-refractivity contribution in [3.8, 4) is 0 Å². The van der Waals surface area contributed by atoms with E-state index in [9.17, 15) is 0 Å². The molecule has 0 spiro atoms. The maximum atomic E-state index is 5.58. The highest BCUT2D eigenvalue weighted by Gasteiger charge is 2.39. The summed E-state index contributed by atoms with van der Waals surface area (Å²) in [5, 5.41) is 3.29. The first-order valence-corrected chi connectivity index (χ1v) is 8.22. The van der Waals surface area contributed by atoms with Crippen LogP contribution in [0.2, 0.25) is 0 Å². The molecule has 0 aliphatic carbocycles. The van der Waals surface area contributed by atoms with Crippen molar-refractivity contribution in [2.45, 2.75) is 33.0 Å². The molecule has 1 fully saturated rings. The number of aromatic nitrogens is 3. The van der Waals surface area contributed by atoms with E-state index in [-0.39, 0.29) is 0 Å². The Hall–Kier alpha value is -0.980. The third-order valence-electron chi connectivity index (χ3n) is 5.49. The number of nitrogens with one attached hydrogen (secondary N) is 1. The topological polar surface area (TPSA) is 49.6 Å². The van der Waals surface area contributed by atoms with Crippen LogP contribution in [0.3, 0.4) is 0 Å². The average Bonchev–Trinajstić information content (AvgIpc) is 2.89. The lowest BCUT2D eigenvalue weighted by atomic mass is 10.1. The molecular weight excluding hydrogens is 264 g/mol. The van der Waals surface area contributed by atoms with Crippen LogP contribution >= 0.6 is 0 Å². The third kappa shape index (κ3) is 4.02. The summed E-state index contributed by atoms with van der Waals surface area (Å²) < 4.78 is 6.69. The average molecular weight is 298 g/mol. The van der Waals surface area contributed by atoms with E-state index in [1.54, 1.807) is 0 Å². The van der Waals surface area contributed by atoms with Crippen LogP contribution in [0.1, 0.15) is 13.8 Å². The van der Waals surface area contributed by atoms with Gasteiger partial charge in [-0.3, -0.25) is 0 Å². The Morgan fingerprint density at radius 1 is 1.14 bits per heavy atom. The van der Waals surface area contributed by atoms with Gasteiger partial charge in [0.25, 0.3) is 6.33 Å². The summed E-state index contributed by atoms with van der Waals surface area (Å²) >= 11 is 0. The lowest BCUT2D eigenvalue weighted by Gasteiger charge is -2.47. The monoisotopic (exact) mass is 298 g/mol. The minimum Gasteiger partial charge on any atom is -0.325 e. The maximum absolute atomic E-state index is 5.58. The molecular formula is C15H34N6+4. The second-order valence-electron chi connectivity index (χ2n) is 7.40. The van der Waals surface area contributed by atoms with Gasteiger partial charge in [0.05, 0.1) is 26.7 Å². The number of piperazine rings is 1. The number of likely N-dealkylation sites (N-methyl/N-ethyl adjacent to an activating group) is 2. The Bertz CT molecular complexity index is 445. The molecule has 1 aliphatic rings. The van der Waals surface area contributed by atoms with Crippen molar-refractivity contribution < 1.29 is 18.2 Å². The van der Waals surface area contributed by atoms with Crippen molar-refractivity contribution in [3.05, 3.63) is 12.7 Å². The smallest absolute Gasteiger partial charge is 0.325 e. The highest BCUT2D eigenvalue weighted by Crippen LogP contribution is 2.18. The Labute approximate surface area is 128 Å².